The Kier molecular flexibility index (Phi) is 3.88. The highest BCUT2D eigenvalue weighted by molar-refractivity contribution is 6.41. The van der Waals surface area contributed by atoms with Crippen molar-refractivity contribution >= 4 is 23.2 Å². The van der Waals surface area contributed by atoms with Gasteiger partial charge in [0.05, 0.1) is 22.7 Å². The molecule has 0 bridgehead atoms. The number of non-ortho nitro benzene ring substituents is 1. The Morgan fingerprint density at radius 2 is 2.19 bits per heavy atom. The van der Waals surface area contributed by atoms with E-state index < -0.39 is 22.4 Å². The monoisotopic (exact) mass is 293 g/mol. The number of hydrogen-bond donors (Lipinski definition) is 1. The molecular formula is C13H11NO7. The Bertz CT molecular complexity index is 662. The number of nitro benzene ring substituents is 1. The van der Waals surface area contributed by atoms with Gasteiger partial charge in [-0.3, -0.25) is 14.9 Å². The number of rotatable bonds is 4. The van der Waals surface area contributed by atoms with E-state index in [0.717, 1.165) is 6.07 Å². The molecule has 110 valence electrons. The van der Waals surface area contributed by atoms with Crippen molar-refractivity contribution in [3.8, 4) is 5.75 Å². The number of fused-ring (bicyclic) bond motifs is 1. The topological polar surface area (TPSA) is 116 Å². The van der Waals surface area contributed by atoms with Gasteiger partial charge in [-0.05, 0) is 13.0 Å². The number of ether oxygens (including phenoxy) is 2. The minimum absolute atomic E-state index is 0.0110. The lowest BCUT2D eigenvalue weighted by Gasteiger charge is -2.19. The second-order valence-electron chi connectivity index (χ2n) is 4.10. The summed E-state index contributed by atoms with van der Waals surface area (Å²) in [6.45, 7) is 1.24. The third-order valence-corrected chi connectivity index (χ3v) is 2.82. The summed E-state index contributed by atoms with van der Waals surface area (Å²) in [5.74, 6) is -2.47. The fourth-order valence-corrected chi connectivity index (χ4v) is 1.82. The van der Waals surface area contributed by atoms with E-state index in [0.29, 0.717) is 0 Å². The fraction of sp³-hybridized carbons (Fsp3) is 0.231. The van der Waals surface area contributed by atoms with Crippen molar-refractivity contribution < 1.29 is 29.1 Å². The van der Waals surface area contributed by atoms with Gasteiger partial charge in [0.25, 0.3) is 11.5 Å². The number of carbonyl (C=O) groups excluding carboxylic acids is 2. The van der Waals surface area contributed by atoms with Crippen LogP contribution in [0.1, 0.15) is 12.5 Å². The van der Waals surface area contributed by atoms with Crippen molar-refractivity contribution in [2.45, 2.75) is 6.92 Å². The van der Waals surface area contributed by atoms with Crippen LogP contribution in [0.4, 0.5) is 5.69 Å². The highest BCUT2D eigenvalue weighted by atomic mass is 16.6. The lowest BCUT2D eigenvalue weighted by atomic mass is 10.0. The predicted molar refractivity (Wildman–Crippen MR) is 69.8 cm³/mol. The van der Waals surface area contributed by atoms with Crippen molar-refractivity contribution in [1.82, 2.24) is 0 Å². The zero-order valence-electron chi connectivity index (χ0n) is 11.0. The molecule has 2 rings (SSSR count). The van der Waals surface area contributed by atoms with Gasteiger partial charge in [-0.25, -0.2) is 4.79 Å². The molecule has 0 radical (unpaired) electrons. The molecule has 1 N–H and O–H groups in total. The molecule has 8 heteroatoms. The zero-order valence-corrected chi connectivity index (χ0v) is 11.0. The van der Waals surface area contributed by atoms with Crippen molar-refractivity contribution in [1.29, 1.82) is 0 Å². The Morgan fingerprint density at radius 3 is 2.81 bits per heavy atom. The highest BCUT2D eigenvalue weighted by Crippen LogP contribution is 2.34. The minimum Gasteiger partial charge on any atom is -0.507 e. The van der Waals surface area contributed by atoms with Gasteiger partial charge >= 0.3 is 5.97 Å². The molecule has 0 saturated carbocycles. The summed E-state index contributed by atoms with van der Waals surface area (Å²) in [4.78, 5) is 33.3. The Balaban J connectivity index is 2.44. The van der Waals surface area contributed by atoms with Crippen LogP contribution in [0.15, 0.2) is 23.8 Å². The van der Waals surface area contributed by atoms with Gasteiger partial charge in [-0.15, -0.1) is 0 Å². The number of esters is 1. The van der Waals surface area contributed by atoms with E-state index in [1.165, 1.54) is 19.1 Å². The van der Waals surface area contributed by atoms with Crippen LogP contribution >= 0.6 is 0 Å². The lowest BCUT2D eigenvalue weighted by molar-refractivity contribution is -0.384. The number of nitrogens with zero attached hydrogens (tertiary/aromatic N) is 1. The lowest BCUT2D eigenvalue weighted by Crippen LogP contribution is -2.26. The van der Waals surface area contributed by atoms with Crippen molar-refractivity contribution in [3.63, 3.8) is 0 Å². The van der Waals surface area contributed by atoms with E-state index in [-0.39, 0.29) is 35.8 Å². The first-order chi connectivity index (χ1) is 9.95. The van der Waals surface area contributed by atoms with E-state index in [1.54, 1.807) is 0 Å². The maximum Gasteiger partial charge on any atom is 0.379 e. The standard InChI is InChI=1S/C13H11NO7/c1-2-20-13(17)12(16)9-6-21-10-4-3-7(14(18)19)5-8(10)11(9)15/h3-5,15H,2,6H2,1H3. The summed E-state index contributed by atoms with van der Waals surface area (Å²) >= 11 is 0. The summed E-state index contributed by atoms with van der Waals surface area (Å²) in [6, 6.07) is 3.60. The maximum absolute atomic E-state index is 11.8. The number of benzene rings is 1. The van der Waals surface area contributed by atoms with Crippen LogP contribution in [-0.2, 0) is 14.3 Å². The Hall–Kier alpha value is -2.90. The first-order valence-corrected chi connectivity index (χ1v) is 6.00. The van der Waals surface area contributed by atoms with E-state index in [9.17, 15) is 24.8 Å². The molecule has 1 aromatic carbocycles. The van der Waals surface area contributed by atoms with Crippen LogP contribution in [0, 0.1) is 10.1 Å². The quantitative estimate of drug-likeness (QED) is 0.386. The van der Waals surface area contributed by atoms with Crippen LogP contribution in [0.5, 0.6) is 5.75 Å². The Labute approximate surface area is 118 Å². The number of aliphatic hydroxyl groups excluding tert-OH is 1. The molecule has 1 aliphatic rings. The maximum atomic E-state index is 11.8. The zero-order chi connectivity index (χ0) is 15.6. The van der Waals surface area contributed by atoms with Gasteiger partial charge in [-0.2, -0.15) is 0 Å². The second-order valence-corrected chi connectivity index (χ2v) is 4.10. The van der Waals surface area contributed by atoms with Crippen LogP contribution in [-0.4, -0.2) is 35.0 Å². The van der Waals surface area contributed by atoms with Crippen LogP contribution < -0.4 is 4.74 Å². The summed E-state index contributed by atoms with van der Waals surface area (Å²) in [6.07, 6.45) is 0. The van der Waals surface area contributed by atoms with Gasteiger partial charge < -0.3 is 14.6 Å². The molecule has 0 spiro atoms. The molecule has 0 unspecified atom stereocenters. The summed E-state index contributed by atoms with van der Waals surface area (Å²) < 4.78 is 9.78. The highest BCUT2D eigenvalue weighted by Gasteiger charge is 2.30. The Morgan fingerprint density at radius 1 is 1.48 bits per heavy atom. The number of ketones is 1. The van der Waals surface area contributed by atoms with E-state index >= 15 is 0 Å². The molecule has 0 aliphatic carbocycles. The van der Waals surface area contributed by atoms with Crippen LogP contribution in [0.3, 0.4) is 0 Å². The largest absolute Gasteiger partial charge is 0.507 e. The molecule has 21 heavy (non-hydrogen) atoms. The number of Topliss-reactive ketones (excluding diaryl/α,β-unsaturated/α-hetero) is 1. The fourth-order valence-electron chi connectivity index (χ4n) is 1.82. The van der Waals surface area contributed by atoms with Crippen molar-refractivity contribution in [2.24, 2.45) is 0 Å². The SMILES string of the molecule is CCOC(=O)C(=O)C1=C(O)c2cc([N+](=O)[O-])ccc2OC1. The molecule has 0 saturated heterocycles. The number of carbonyl (C=O) groups is 2. The third kappa shape index (κ3) is 2.69. The van der Waals surface area contributed by atoms with E-state index in [1.807, 2.05) is 0 Å². The first-order valence-electron chi connectivity index (χ1n) is 6.00. The molecule has 1 aromatic rings. The van der Waals surface area contributed by atoms with Gasteiger partial charge in [-0.1, -0.05) is 0 Å². The average molecular weight is 293 g/mol. The molecule has 0 amide bonds. The van der Waals surface area contributed by atoms with Crippen molar-refractivity contribution in [3.05, 3.63) is 39.4 Å². The molecule has 8 nitrogen and oxygen atoms in total. The second kappa shape index (κ2) is 5.61. The summed E-state index contributed by atoms with van der Waals surface area (Å²) in [5, 5.41) is 20.8. The molecular weight excluding hydrogens is 282 g/mol. The van der Waals surface area contributed by atoms with Gasteiger partial charge in [0.2, 0.25) is 0 Å². The van der Waals surface area contributed by atoms with Crippen LogP contribution in [0.25, 0.3) is 5.76 Å². The van der Waals surface area contributed by atoms with Crippen molar-refractivity contribution in [2.75, 3.05) is 13.2 Å². The summed E-state index contributed by atoms with van der Waals surface area (Å²) in [5.41, 5.74) is -0.571. The number of nitro groups is 1. The first kappa shape index (κ1) is 14.5. The molecule has 0 aromatic heterocycles. The van der Waals surface area contributed by atoms with E-state index in [2.05, 4.69) is 4.74 Å². The normalized spacial score (nSPS) is 13.2. The average Bonchev–Trinajstić information content (AvgIpc) is 2.47. The van der Waals surface area contributed by atoms with Gasteiger partial charge in [0.15, 0.2) is 0 Å². The molecule has 1 aliphatic heterocycles. The van der Waals surface area contributed by atoms with Crippen LogP contribution in [0.2, 0.25) is 0 Å². The molecule has 0 fully saturated rings. The van der Waals surface area contributed by atoms with E-state index in [4.69, 9.17) is 4.74 Å². The van der Waals surface area contributed by atoms with Gasteiger partial charge in [0.1, 0.15) is 18.1 Å². The smallest absolute Gasteiger partial charge is 0.379 e. The molecule has 1 heterocycles. The number of hydrogen-bond acceptors (Lipinski definition) is 7. The predicted octanol–water partition coefficient (Wildman–Crippen LogP) is 1.39. The van der Waals surface area contributed by atoms with Gasteiger partial charge in [0, 0.05) is 12.1 Å². The molecule has 0 atom stereocenters. The number of aliphatic hydroxyl groups is 1. The summed E-state index contributed by atoms with van der Waals surface area (Å²) in [7, 11) is 0. The minimum atomic E-state index is -1.11. The third-order valence-electron chi connectivity index (χ3n) is 2.82.